The zero-order valence-electron chi connectivity index (χ0n) is 13.2. The van der Waals surface area contributed by atoms with Gasteiger partial charge in [0.05, 0.1) is 29.6 Å². The highest BCUT2D eigenvalue weighted by Gasteiger charge is 2.03. The average Bonchev–Trinajstić information content (AvgIpc) is 3.17. The molecule has 0 bridgehead atoms. The number of hydrogen-bond acceptors (Lipinski definition) is 4. The Hall–Kier alpha value is -3.26. The maximum absolute atomic E-state index is 8.77. The standard InChI is InChI=1S/C19H18N4O/c20-15-16-7-9-17(10-8-16)24-14-4-11-21-18-5-1-2-6-19(18)23-13-3-12-22-23/h1-3,5-10,12-13,21H,4,11,14H2. The maximum Gasteiger partial charge on any atom is 0.119 e. The fourth-order valence-electron chi connectivity index (χ4n) is 2.35. The summed E-state index contributed by atoms with van der Waals surface area (Å²) >= 11 is 0. The first-order valence-electron chi connectivity index (χ1n) is 7.83. The Kier molecular flexibility index (Phi) is 5.10. The lowest BCUT2D eigenvalue weighted by atomic mass is 10.2. The van der Waals surface area contributed by atoms with E-state index in [0.717, 1.165) is 30.1 Å². The first-order valence-corrected chi connectivity index (χ1v) is 7.83. The van der Waals surface area contributed by atoms with Crippen molar-refractivity contribution in [2.45, 2.75) is 6.42 Å². The van der Waals surface area contributed by atoms with Gasteiger partial charge in [0.2, 0.25) is 0 Å². The van der Waals surface area contributed by atoms with E-state index in [1.54, 1.807) is 18.3 Å². The van der Waals surface area contributed by atoms with E-state index in [-0.39, 0.29) is 0 Å². The molecule has 0 aliphatic rings. The predicted molar refractivity (Wildman–Crippen MR) is 93.3 cm³/mol. The largest absolute Gasteiger partial charge is 0.494 e. The molecular weight excluding hydrogens is 300 g/mol. The van der Waals surface area contributed by atoms with E-state index in [9.17, 15) is 0 Å². The molecular formula is C19H18N4O. The van der Waals surface area contributed by atoms with Gasteiger partial charge in [-0.05, 0) is 48.9 Å². The summed E-state index contributed by atoms with van der Waals surface area (Å²) < 4.78 is 7.52. The van der Waals surface area contributed by atoms with E-state index in [4.69, 9.17) is 10.00 Å². The highest BCUT2D eigenvalue weighted by molar-refractivity contribution is 5.60. The van der Waals surface area contributed by atoms with Crippen molar-refractivity contribution in [1.29, 1.82) is 5.26 Å². The fraction of sp³-hybridized carbons (Fsp3) is 0.158. The molecule has 5 nitrogen and oxygen atoms in total. The lowest BCUT2D eigenvalue weighted by Gasteiger charge is -2.12. The van der Waals surface area contributed by atoms with Crippen LogP contribution < -0.4 is 10.1 Å². The molecule has 120 valence electrons. The van der Waals surface area contributed by atoms with Gasteiger partial charge in [-0.1, -0.05) is 12.1 Å². The third kappa shape index (κ3) is 3.93. The number of aromatic nitrogens is 2. The molecule has 1 heterocycles. The first-order chi connectivity index (χ1) is 11.9. The normalized spacial score (nSPS) is 10.1. The molecule has 5 heteroatoms. The number of anilines is 1. The molecule has 0 atom stereocenters. The molecule has 0 fully saturated rings. The summed E-state index contributed by atoms with van der Waals surface area (Å²) in [6, 6.07) is 19.2. The molecule has 0 aliphatic heterocycles. The summed E-state index contributed by atoms with van der Waals surface area (Å²) in [5, 5.41) is 16.5. The number of hydrogen-bond donors (Lipinski definition) is 1. The summed E-state index contributed by atoms with van der Waals surface area (Å²) in [6.45, 7) is 1.41. The second-order valence-electron chi connectivity index (χ2n) is 5.23. The summed E-state index contributed by atoms with van der Waals surface area (Å²) in [5.41, 5.74) is 2.70. The van der Waals surface area contributed by atoms with Crippen LogP contribution in [0.15, 0.2) is 67.0 Å². The molecule has 0 spiro atoms. The first kappa shape index (κ1) is 15.6. The van der Waals surface area contributed by atoms with Crippen molar-refractivity contribution >= 4 is 5.69 Å². The van der Waals surface area contributed by atoms with Crippen molar-refractivity contribution < 1.29 is 4.74 Å². The van der Waals surface area contributed by atoms with E-state index >= 15 is 0 Å². The Bertz CT molecular complexity index is 804. The third-order valence-electron chi connectivity index (χ3n) is 3.54. The lowest BCUT2D eigenvalue weighted by Crippen LogP contribution is -2.09. The van der Waals surface area contributed by atoms with Crippen LogP contribution >= 0.6 is 0 Å². The van der Waals surface area contributed by atoms with Crippen LogP contribution in [0.1, 0.15) is 12.0 Å². The highest BCUT2D eigenvalue weighted by Crippen LogP contribution is 2.19. The minimum absolute atomic E-state index is 0.614. The number of rotatable bonds is 7. The van der Waals surface area contributed by atoms with Gasteiger partial charge >= 0.3 is 0 Å². The topological polar surface area (TPSA) is 62.9 Å². The van der Waals surface area contributed by atoms with Crippen LogP contribution in [0.25, 0.3) is 5.69 Å². The van der Waals surface area contributed by atoms with Gasteiger partial charge in [-0.15, -0.1) is 0 Å². The monoisotopic (exact) mass is 318 g/mol. The number of para-hydroxylation sites is 2. The van der Waals surface area contributed by atoms with Crippen molar-refractivity contribution in [3.8, 4) is 17.5 Å². The minimum atomic E-state index is 0.614. The van der Waals surface area contributed by atoms with Gasteiger partial charge in [0.1, 0.15) is 5.75 Å². The molecule has 3 aromatic rings. The van der Waals surface area contributed by atoms with Crippen LogP contribution in [0.3, 0.4) is 0 Å². The van der Waals surface area contributed by atoms with Gasteiger partial charge in [0.15, 0.2) is 0 Å². The van der Waals surface area contributed by atoms with Crippen LogP contribution in [-0.4, -0.2) is 22.9 Å². The smallest absolute Gasteiger partial charge is 0.119 e. The van der Waals surface area contributed by atoms with Crippen molar-refractivity contribution in [3.63, 3.8) is 0 Å². The van der Waals surface area contributed by atoms with Gasteiger partial charge in [-0.3, -0.25) is 0 Å². The van der Waals surface area contributed by atoms with E-state index < -0.39 is 0 Å². The Morgan fingerprint density at radius 2 is 1.92 bits per heavy atom. The maximum atomic E-state index is 8.77. The van der Waals surface area contributed by atoms with E-state index in [2.05, 4.69) is 16.5 Å². The van der Waals surface area contributed by atoms with Crippen molar-refractivity contribution in [3.05, 3.63) is 72.6 Å². The summed E-state index contributed by atoms with van der Waals surface area (Å²) in [5.74, 6) is 0.783. The molecule has 1 aromatic heterocycles. The Balaban J connectivity index is 1.48. The van der Waals surface area contributed by atoms with E-state index in [1.807, 2.05) is 53.3 Å². The third-order valence-corrected chi connectivity index (χ3v) is 3.54. The quantitative estimate of drug-likeness (QED) is 0.676. The van der Waals surface area contributed by atoms with Crippen LogP contribution in [0.2, 0.25) is 0 Å². The molecule has 1 N–H and O–H groups in total. The molecule has 0 amide bonds. The fourth-order valence-corrected chi connectivity index (χ4v) is 2.35. The minimum Gasteiger partial charge on any atom is -0.494 e. The summed E-state index contributed by atoms with van der Waals surface area (Å²) in [6.07, 6.45) is 4.56. The van der Waals surface area contributed by atoms with Crippen LogP contribution in [0.4, 0.5) is 5.69 Å². The van der Waals surface area contributed by atoms with Crippen molar-refractivity contribution in [2.75, 3.05) is 18.5 Å². The van der Waals surface area contributed by atoms with E-state index in [0.29, 0.717) is 12.2 Å². The van der Waals surface area contributed by atoms with Gasteiger partial charge < -0.3 is 10.1 Å². The number of nitrogens with zero attached hydrogens (tertiary/aromatic N) is 3. The zero-order chi connectivity index (χ0) is 16.6. The van der Waals surface area contributed by atoms with E-state index in [1.165, 1.54) is 0 Å². The SMILES string of the molecule is N#Cc1ccc(OCCCNc2ccccc2-n2cccn2)cc1. The molecule has 3 rings (SSSR count). The average molecular weight is 318 g/mol. The Morgan fingerprint density at radius 3 is 2.67 bits per heavy atom. The molecule has 0 saturated carbocycles. The van der Waals surface area contributed by atoms with Crippen molar-refractivity contribution in [1.82, 2.24) is 9.78 Å². The molecule has 0 saturated heterocycles. The molecule has 0 unspecified atom stereocenters. The molecule has 0 aliphatic carbocycles. The van der Waals surface area contributed by atoms with Gasteiger partial charge in [-0.2, -0.15) is 10.4 Å². The zero-order valence-corrected chi connectivity index (χ0v) is 13.2. The van der Waals surface area contributed by atoms with Gasteiger partial charge in [0, 0.05) is 18.9 Å². The number of nitrogens with one attached hydrogen (secondary N) is 1. The lowest BCUT2D eigenvalue weighted by molar-refractivity contribution is 0.315. The second kappa shape index (κ2) is 7.84. The van der Waals surface area contributed by atoms with Crippen molar-refractivity contribution in [2.24, 2.45) is 0 Å². The van der Waals surface area contributed by atoms with Crippen LogP contribution in [-0.2, 0) is 0 Å². The van der Waals surface area contributed by atoms with Gasteiger partial charge in [0.25, 0.3) is 0 Å². The Morgan fingerprint density at radius 1 is 1.08 bits per heavy atom. The number of ether oxygens (including phenoxy) is 1. The summed E-state index contributed by atoms with van der Waals surface area (Å²) in [4.78, 5) is 0. The molecule has 2 aromatic carbocycles. The number of nitriles is 1. The predicted octanol–water partition coefficient (Wildman–Crippen LogP) is 3.62. The molecule has 0 radical (unpaired) electrons. The van der Waals surface area contributed by atoms with Crippen LogP contribution in [0.5, 0.6) is 5.75 Å². The highest BCUT2D eigenvalue weighted by atomic mass is 16.5. The Labute approximate surface area is 141 Å². The second-order valence-corrected chi connectivity index (χ2v) is 5.23. The van der Waals surface area contributed by atoms with Gasteiger partial charge in [-0.25, -0.2) is 4.68 Å². The summed E-state index contributed by atoms with van der Waals surface area (Å²) in [7, 11) is 0. The number of benzene rings is 2. The molecule has 24 heavy (non-hydrogen) atoms. The van der Waals surface area contributed by atoms with Crippen LogP contribution in [0, 0.1) is 11.3 Å².